The van der Waals surface area contributed by atoms with Gasteiger partial charge in [-0.1, -0.05) is 17.7 Å². The molecule has 1 aliphatic heterocycles. The fraction of sp³-hybridized carbons (Fsp3) is 0.600. The van der Waals surface area contributed by atoms with Crippen LogP contribution in [-0.4, -0.2) is 45.2 Å². The second-order valence-electron chi connectivity index (χ2n) is 5.57. The molecule has 0 amide bonds. The summed E-state index contributed by atoms with van der Waals surface area (Å²) in [6.45, 7) is 4.32. The number of likely N-dealkylation sites (N-methyl/N-ethyl adjacent to an activating group) is 1. The van der Waals surface area contributed by atoms with Crippen LogP contribution in [0.4, 0.5) is 5.69 Å². The molecule has 4 heteroatoms. The van der Waals surface area contributed by atoms with Crippen molar-refractivity contribution in [1.82, 2.24) is 10.2 Å². The molecule has 0 radical (unpaired) electrons. The highest BCUT2D eigenvalue weighted by Crippen LogP contribution is 2.30. The van der Waals surface area contributed by atoms with Crippen molar-refractivity contribution in [3.63, 3.8) is 0 Å². The van der Waals surface area contributed by atoms with E-state index in [4.69, 9.17) is 11.6 Å². The molecule has 1 N–H and O–H groups in total. The highest BCUT2D eigenvalue weighted by molar-refractivity contribution is 6.31. The van der Waals surface area contributed by atoms with Crippen molar-refractivity contribution in [3.8, 4) is 0 Å². The summed E-state index contributed by atoms with van der Waals surface area (Å²) >= 11 is 6.40. The van der Waals surface area contributed by atoms with Gasteiger partial charge < -0.3 is 15.1 Å². The van der Waals surface area contributed by atoms with Crippen LogP contribution in [0.15, 0.2) is 18.2 Å². The first-order valence-corrected chi connectivity index (χ1v) is 7.28. The summed E-state index contributed by atoms with van der Waals surface area (Å²) < 4.78 is 0. The molecule has 1 saturated heterocycles. The first-order valence-electron chi connectivity index (χ1n) is 6.91. The van der Waals surface area contributed by atoms with Crippen LogP contribution >= 0.6 is 11.6 Å². The molecule has 106 valence electrons. The van der Waals surface area contributed by atoms with Gasteiger partial charge in [0.2, 0.25) is 0 Å². The maximum atomic E-state index is 6.40. The van der Waals surface area contributed by atoms with Crippen molar-refractivity contribution in [2.75, 3.05) is 39.1 Å². The minimum absolute atomic E-state index is 0.287. The van der Waals surface area contributed by atoms with Gasteiger partial charge in [-0.25, -0.2) is 0 Å². The van der Waals surface area contributed by atoms with Gasteiger partial charge in [-0.2, -0.15) is 0 Å². The van der Waals surface area contributed by atoms with Crippen LogP contribution in [0.3, 0.4) is 0 Å². The van der Waals surface area contributed by atoms with Gasteiger partial charge in [-0.15, -0.1) is 0 Å². The quantitative estimate of drug-likeness (QED) is 0.916. The van der Waals surface area contributed by atoms with E-state index in [1.54, 1.807) is 0 Å². The predicted octanol–water partition coefficient (Wildman–Crippen LogP) is 2.76. The van der Waals surface area contributed by atoms with Gasteiger partial charge in [-0.3, -0.25) is 0 Å². The predicted molar refractivity (Wildman–Crippen MR) is 83.2 cm³/mol. The van der Waals surface area contributed by atoms with Crippen LogP contribution in [0, 0.1) is 0 Å². The van der Waals surface area contributed by atoms with E-state index >= 15 is 0 Å². The Bertz CT molecular complexity index is 433. The summed E-state index contributed by atoms with van der Waals surface area (Å²) in [6, 6.07) is 7.36. The summed E-state index contributed by atoms with van der Waals surface area (Å²) in [5.41, 5.74) is 2.40. The van der Waals surface area contributed by atoms with E-state index in [2.05, 4.69) is 54.3 Å². The Morgan fingerprint density at radius 1 is 1.42 bits per heavy atom. The van der Waals surface area contributed by atoms with E-state index in [1.165, 1.54) is 12.1 Å². The molecule has 0 aliphatic carbocycles. The maximum Gasteiger partial charge on any atom is 0.0474 e. The highest BCUT2D eigenvalue weighted by atomic mass is 35.5. The van der Waals surface area contributed by atoms with E-state index in [0.717, 1.165) is 23.7 Å². The van der Waals surface area contributed by atoms with Gasteiger partial charge in [0.05, 0.1) is 0 Å². The van der Waals surface area contributed by atoms with Crippen LogP contribution in [-0.2, 0) is 0 Å². The Kier molecular flexibility index (Phi) is 4.71. The smallest absolute Gasteiger partial charge is 0.0474 e. The fourth-order valence-electron chi connectivity index (χ4n) is 2.62. The van der Waals surface area contributed by atoms with Crippen molar-refractivity contribution in [3.05, 3.63) is 28.8 Å². The fourth-order valence-corrected chi connectivity index (χ4v) is 2.96. The van der Waals surface area contributed by atoms with Gasteiger partial charge >= 0.3 is 0 Å². The molecule has 0 spiro atoms. The van der Waals surface area contributed by atoms with E-state index in [1.807, 2.05) is 7.05 Å². The van der Waals surface area contributed by atoms with Crippen LogP contribution in [0.2, 0.25) is 5.02 Å². The second-order valence-corrected chi connectivity index (χ2v) is 5.98. The summed E-state index contributed by atoms with van der Waals surface area (Å²) in [6.07, 6.45) is 1.22. The molecule has 0 bridgehead atoms. The summed E-state index contributed by atoms with van der Waals surface area (Å²) in [7, 11) is 6.26. The largest absolute Gasteiger partial charge is 0.370 e. The second kappa shape index (κ2) is 6.12. The molecule has 19 heavy (non-hydrogen) atoms. The average Bonchev–Trinajstić information content (AvgIpc) is 2.87. The Morgan fingerprint density at radius 2 is 2.16 bits per heavy atom. The molecule has 1 aliphatic rings. The molecule has 3 nitrogen and oxygen atoms in total. The van der Waals surface area contributed by atoms with E-state index in [0.29, 0.717) is 6.04 Å². The lowest BCUT2D eigenvalue weighted by Crippen LogP contribution is -2.31. The first kappa shape index (κ1) is 14.6. The lowest BCUT2D eigenvalue weighted by Gasteiger charge is -2.23. The molecule has 1 fully saturated rings. The summed E-state index contributed by atoms with van der Waals surface area (Å²) in [4.78, 5) is 4.73. The summed E-state index contributed by atoms with van der Waals surface area (Å²) in [5, 5.41) is 4.08. The molecule has 2 atom stereocenters. The zero-order valence-corrected chi connectivity index (χ0v) is 13.0. The molecule has 1 aromatic carbocycles. The van der Waals surface area contributed by atoms with Gasteiger partial charge in [0.1, 0.15) is 0 Å². The Labute approximate surface area is 121 Å². The molecule has 2 unspecified atom stereocenters. The average molecular weight is 282 g/mol. The Balaban J connectivity index is 2.13. The Morgan fingerprint density at radius 3 is 2.68 bits per heavy atom. The van der Waals surface area contributed by atoms with Crippen LogP contribution in [0.25, 0.3) is 0 Å². The number of anilines is 1. The van der Waals surface area contributed by atoms with Gasteiger partial charge in [0, 0.05) is 35.9 Å². The maximum absolute atomic E-state index is 6.40. The number of hydrogen-bond acceptors (Lipinski definition) is 3. The topological polar surface area (TPSA) is 18.5 Å². The van der Waals surface area contributed by atoms with Gasteiger partial charge in [0.25, 0.3) is 0 Å². The Hall–Kier alpha value is -0.770. The monoisotopic (exact) mass is 281 g/mol. The highest BCUT2D eigenvalue weighted by Gasteiger charge is 2.24. The molecule has 1 heterocycles. The van der Waals surface area contributed by atoms with Crippen molar-refractivity contribution in [1.29, 1.82) is 0 Å². The SMILES string of the molecule is CNC(C)c1ccc(N2CCC(N(C)C)C2)cc1Cl. The normalized spacial score (nSPS) is 21.2. The van der Waals surface area contributed by atoms with Crippen LogP contribution < -0.4 is 10.2 Å². The molecule has 0 aromatic heterocycles. The zero-order chi connectivity index (χ0) is 14.0. The lowest BCUT2D eigenvalue weighted by molar-refractivity contribution is 0.315. The number of rotatable bonds is 4. The number of benzene rings is 1. The van der Waals surface area contributed by atoms with Gasteiger partial charge in [0.15, 0.2) is 0 Å². The summed E-state index contributed by atoms with van der Waals surface area (Å²) in [5.74, 6) is 0. The van der Waals surface area contributed by atoms with E-state index in [-0.39, 0.29) is 6.04 Å². The number of nitrogens with zero attached hydrogens (tertiary/aromatic N) is 2. The minimum atomic E-state index is 0.287. The third-order valence-corrected chi connectivity index (χ3v) is 4.47. The van der Waals surface area contributed by atoms with Gasteiger partial charge in [-0.05, 0) is 52.2 Å². The standard InChI is InChI=1S/C15H24ClN3/c1-11(17-2)14-6-5-12(9-15(14)16)19-8-7-13(10-19)18(3)4/h5-6,9,11,13,17H,7-8,10H2,1-4H3. The molecule has 1 aromatic rings. The molecular weight excluding hydrogens is 258 g/mol. The number of halogens is 1. The molecule has 2 rings (SSSR count). The van der Waals surface area contributed by atoms with Crippen LogP contribution in [0.1, 0.15) is 24.9 Å². The first-order chi connectivity index (χ1) is 9.02. The van der Waals surface area contributed by atoms with Crippen molar-refractivity contribution in [2.45, 2.75) is 25.4 Å². The lowest BCUT2D eigenvalue weighted by atomic mass is 10.1. The molecule has 0 saturated carbocycles. The van der Waals surface area contributed by atoms with Crippen molar-refractivity contribution < 1.29 is 0 Å². The third kappa shape index (κ3) is 3.22. The number of nitrogens with one attached hydrogen (secondary N) is 1. The van der Waals surface area contributed by atoms with Crippen molar-refractivity contribution in [2.24, 2.45) is 0 Å². The number of hydrogen-bond donors (Lipinski definition) is 1. The minimum Gasteiger partial charge on any atom is -0.370 e. The van der Waals surface area contributed by atoms with Crippen molar-refractivity contribution >= 4 is 17.3 Å². The van der Waals surface area contributed by atoms with E-state index < -0.39 is 0 Å². The zero-order valence-electron chi connectivity index (χ0n) is 12.3. The third-order valence-electron chi connectivity index (χ3n) is 4.14. The van der Waals surface area contributed by atoms with E-state index in [9.17, 15) is 0 Å². The van der Waals surface area contributed by atoms with Crippen LogP contribution in [0.5, 0.6) is 0 Å². The molecular formula is C15H24ClN3.